The van der Waals surface area contributed by atoms with Crippen LogP contribution in [0.5, 0.6) is 0 Å². The summed E-state index contributed by atoms with van der Waals surface area (Å²) in [5.74, 6) is -0.306. The van der Waals surface area contributed by atoms with Crippen LogP contribution in [-0.4, -0.2) is 27.8 Å². The van der Waals surface area contributed by atoms with E-state index >= 15 is 0 Å². The summed E-state index contributed by atoms with van der Waals surface area (Å²) in [6.45, 7) is 0. The van der Waals surface area contributed by atoms with E-state index in [4.69, 9.17) is 11.6 Å². The summed E-state index contributed by atoms with van der Waals surface area (Å²) in [6.07, 6.45) is 3.00. The third-order valence-corrected chi connectivity index (χ3v) is 2.81. The molecule has 1 heterocycles. The fourth-order valence-electron chi connectivity index (χ4n) is 1.63. The molecule has 104 valence electrons. The van der Waals surface area contributed by atoms with Crippen LogP contribution < -0.4 is 10.6 Å². The van der Waals surface area contributed by atoms with Crippen molar-refractivity contribution in [3.8, 4) is 0 Å². The molecular formula is C11H10ClN5O3. The average Bonchev–Trinajstić information content (AvgIpc) is 2.90. The molecule has 0 saturated heterocycles. The summed E-state index contributed by atoms with van der Waals surface area (Å²) in [4.78, 5) is 28.9. The molecule has 0 fully saturated rings. The van der Waals surface area contributed by atoms with Crippen LogP contribution in [0.25, 0.3) is 0 Å². The van der Waals surface area contributed by atoms with E-state index in [0.717, 1.165) is 6.07 Å². The third-order valence-electron chi connectivity index (χ3n) is 2.51. The van der Waals surface area contributed by atoms with Gasteiger partial charge in [0, 0.05) is 31.1 Å². The maximum absolute atomic E-state index is 12.0. The molecule has 3 N–H and O–H groups in total. The number of hydrogen-bond donors (Lipinski definition) is 3. The minimum Gasteiger partial charge on any atom is -0.381 e. The first-order valence-corrected chi connectivity index (χ1v) is 5.87. The number of nitro benzene ring substituents is 1. The molecule has 0 unspecified atom stereocenters. The number of amides is 1. The zero-order chi connectivity index (χ0) is 14.7. The number of nitro groups is 1. The molecule has 0 aliphatic heterocycles. The van der Waals surface area contributed by atoms with Gasteiger partial charge in [0.25, 0.3) is 11.6 Å². The van der Waals surface area contributed by atoms with Crippen molar-refractivity contribution in [3.05, 3.63) is 45.2 Å². The van der Waals surface area contributed by atoms with Gasteiger partial charge in [0.1, 0.15) is 5.69 Å². The lowest BCUT2D eigenvalue weighted by Gasteiger charge is -2.07. The van der Waals surface area contributed by atoms with Gasteiger partial charge in [-0.25, -0.2) is 4.98 Å². The molecule has 9 heteroatoms. The van der Waals surface area contributed by atoms with Crippen LogP contribution in [0, 0.1) is 10.1 Å². The highest BCUT2D eigenvalue weighted by Gasteiger charge is 2.21. The maximum atomic E-state index is 12.0. The standard InChI is InChI=1S/C11H10ClN5O3/c1-13-9-7(12)4-6(5-8(9)17(19)20)10(18)16-11-14-2-3-15-11/h2-5,13H,1H3,(H2,14,15,16,18). The number of aromatic amines is 1. The van der Waals surface area contributed by atoms with Gasteiger partial charge in [0.15, 0.2) is 0 Å². The lowest BCUT2D eigenvalue weighted by Crippen LogP contribution is -2.13. The molecule has 1 amide bonds. The van der Waals surface area contributed by atoms with Gasteiger partial charge >= 0.3 is 0 Å². The number of carbonyl (C=O) groups is 1. The minimum atomic E-state index is -0.610. The van der Waals surface area contributed by atoms with Crippen molar-refractivity contribution in [2.24, 2.45) is 0 Å². The highest BCUT2D eigenvalue weighted by Crippen LogP contribution is 2.33. The number of hydrogen-bond acceptors (Lipinski definition) is 5. The first-order chi connectivity index (χ1) is 9.52. The highest BCUT2D eigenvalue weighted by atomic mass is 35.5. The van der Waals surface area contributed by atoms with E-state index in [0.29, 0.717) is 0 Å². The Morgan fingerprint density at radius 3 is 2.80 bits per heavy atom. The molecule has 20 heavy (non-hydrogen) atoms. The first kappa shape index (κ1) is 13.8. The van der Waals surface area contributed by atoms with Crippen molar-refractivity contribution in [1.82, 2.24) is 9.97 Å². The Hall–Kier alpha value is -2.61. The number of imidazole rings is 1. The number of nitrogens with zero attached hydrogens (tertiary/aromatic N) is 2. The van der Waals surface area contributed by atoms with Crippen molar-refractivity contribution < 1.29 is 9.72 Å². The predicted molar refractivity (Wildman–Crippen MR) is 74.2 cm³/mol. The molecular weight excluding hydrogens is 286 g/mol. The predicted octanol–water partition coefficient (Wildman–Crippen LogP) is 2.27. The van der Waals surface area contributed by atoms with Crippen molar-refractivity contribution in [3.63, 3.8) is 0 Å². The number of anilines is 2. The van der Waals surface area contributed by atoms with Crippen LogP contribution in [0.2, 0.25) is 5.02 Å². The van der Waals surface area contributed by atoms with Crippen LogP contribution >= 0.6 is 11.6 Å². The SMILES string of the molecule is CNc1c(Cl)cc(C(=O)Nc2ncc[nH]2)cc1[N+](=O)[O-]. The van der Waals surface area contributed by atoms with Crippen LogP contribution in [0.3, 0.4) is 0 Å². The summed E-state index contributed by atoms with van der Waals surface area (Å²) < 4.78 is 0. The quantitative estimate of drug-likeness (QED) is 0.591. The van der Waals surface area contributed by atoms with Gasteiger partial charge in [-0.3, -0.25) is 20.2 Å². The normalized spacial score (nSPS) is 10.1. The molecule has 8 nitrogen and oxygen atoms in total. The second-order valence-electron chi connectivity index (χ2n) is 3.75. The Labute approximate surface area is 118 Å². The lowest BCUT2D eigenvalue weighted by molar-refractivity contribution is -0.383. The van der Waals surface area contributed by atoms with Crippen LogP contribution in [0.1, 0.15) is 10.4 Å². The second-order valence-corrected chi connectivity index (χ2v) is 4.16. The second kappa shape index (κ2) is 5.57. The Morgan fingerprint density at radius 2 is 2.25 bits per heavy atom. The maximum Gasteiger partial charge on any atom is 0.294 e. The van der Waals surface area contributed by atoms with Crippen molar-refractivity contribution in [1.29, 1.82) is 0 Å². The Balaban J connectivity index is 2.37. The molecule has 0 bridgehead atoms. The summed E-state index contributed by atoms with van der Waals surface area (Å²) in [7, 11) is 1.51. The zero-order valence-corrected chi connectivity index (χ0v) is 11.1. The third kappa shape index (κ3) is 2.69. The summed E-state index contributed by atoms with van der Waals surface area (Å²) >= 11 is 5.93. The molecule has 0 radical (unpaired) electrons. The van der Waals surface area contributed by atoms with Crippen LogP contribution in [-0.2, 0) is 0 Å². The zero-order valence-electron chi connectivity index (χ0n) is 10.3. The monoisotopic (exact) mass is 295 g/mol. The van der Waals surface area contributed by atoms with Crippen molar-refractivity contribution >= 4 is 34.8 Å². The van der Waals surface area contributed by atoms with E-state index in [2.05, 4.69) is 20.6 Å². The molecule has 1 aromatic carbocycles. The summed E-state index contributed by atoms with van der Waals surface area (Å²) in [6, 6.07) is 2.49. The van der Waals surface area contributed by atoms with Gasteiger partial charge in [0.05, 0.1) is 9.95 Å². The van der Waals surface area contributed by atoms with Gasteiger partial charge in [0.2, 0.25) is 5.95 Å². The van der Waals surface area contributed by atoms with Crippen LogP contribution in [0.4, 0.5) is 17.3 Å². The first-order valence-electron chi connectivity index (χ1n) is 5.49. The molecule has 2 aromatic rings. The number of aromatic nitrogens is 2. The summed E-state index contributed by atoms with van der Waals surface area (Å²) in [5, 5.41) is 16.2. The number of halogens is 1. The minimum absolute atomic E-state index is 0.0668. The fraction of sp³-hybridized carbons (Fsp3) is 0.0909. The van der Waals surface area contributed by atoms with Gasteiger partial charge in [-0.15, -0.1) is 0 Å². The average molecular weight is 296 g/mol. The van der Waals surface area contributed by atoms with Gasteiger partial charge < -0.3 is 10.3 Å². The van der Waals surface area contributed by atoms with E-state index in [1.807, 2.05) is 0 Å². The molecule has 0 aliphatic carbocycles. The van der Waals surface area contributed by atoms with Gasteiger partial charge in [-0.2, -0.15) is 0 Å². The number of carbonyl (C=O) groups excluding carboxylic acids is 1. The van der Waals surface area contributed by atoms with Gasteiger partial charge in [-0.1, -0.05) is 11.6 Å². The molecule has 0 aliphatic rings. The number of H-pyrrole nitrogens is 1. The number of benzene rings is 1. The Bertz CT molecular complexity index is 656. The summed E-state index contributed by atoms with van der Waals surface area (Å²) in [5.41, 5.74) is -0.0482. The number of nitrogens with one attached hydrogen (secondary N) is 3. The molecule has 0 spiro atoms. The van der Waals surface area contributed by atoms with E-state index in [9.17, 15) is 14.9 Å². The molecule has 2 rings (SSSR count). The fourth-order valence-corrected chi connectivity index (χ4v) is 1.94. The van der Waals surface area contributed by atoms with Gasteiger partial charge in [-0.05, 0) is 6.07 Å². The smallest absolute Gasteiger partial charge is 0.294 e. The van der Waals surface area contributed by atoms with Crippen LogP contribution in [0.15, 0.2) is 24.5 Å². The van der Waals surface area contributed by atoms with E-state index in [1.165, 1.54) is 25.5 Å². The highest BCUT2D eigenvalue weighted by molar-refractivity contribution is 6.34. The van der Waals surface area contributed by atoms with E-state index in [1.54, 1.807) is 0 Å². The number of rotatable bonds is 4. The molecule has 0 atom stereocenters. The Morgan fingerprint density at radius 1 is 1.50 bits per heavy atom. The Kier molecular flexibility index (Phi) is 3.85. The van der Waals surface area contributed by atoms with Crippen molar-refractivity contribution in [2.75, 3.05) is 17.7 Å². The van der Waals surface area contributed by atoms with E-state index in [-0.39, 0.29) is 27.9 Å². The lowest BCUT2D eigenvalue weighted by atomic mass is 10.1. The molecule has 0 saturated carbocycles. The largest absolute Gasteiger partial charge is 0.381 e. The topological polar surface area (TPSA) is 113 Å². The van der Waals surface area contributed by atoms with E-state index < -0.39 is 10.8 Å². The molecule has 1 aromatic heterocycles. The van der Waals surface area contributed by atoms with Crippen molar-refractivity contribution in [2.45, 2.75) is 0 Å².